The zero-order valence-electron chi connectivity index (χ0n) is 11.2. The first kappa shape index (κ1) is 17.5. The van der Waals surface area contributed by atoms with Gasteiger partial charge in [0.2, 0.25) is 0 Å². The van der Waals surface area contributed by atoms with Crippen molar-refractivity contribution >= 4 is 29.0 Å². The molecule has 0 rings (SSSR count). The monoisotopic (exact) mass is 302 g/mol. The van der Waals surface area contributed by atoms with E-state index >= 15 is 0 Å². The largest absolute Gasteiger partial charge is 0.500 e. The lowest BCUT2D eigenvalue weighted by molar-refractivity contribution is 0.123. The average Bonchev–Trinajstić information content (AvgIpc) is 2.39. The van der Waals surface area contributed by atoms with Crippen molar-refractivity contribution in [2.24, 2.45) is 0 Å². The molecule has 0 unspecified atom stereocenters. The molecule has 0 fully saturated rings. The van der Waals surface area contributed by atoms with Gasteiger partial charge in [0.25, 0.3) is 0 Å². The van der Waals surface area contributed by atoms with E-state index in [0.717, 1.165) is 12.1 Å². The molecule has 0 aliphatic heterocycles. The first-order chi connectivity index (χ1) is 8.07. The highest BCUT2D eigenvalue weighted by atomic mass is 35.5. The Kier molecular flexibility index (Phi) is 8.86. The number of hydrogen-bond acceptors (Lipinski definition) is 5. The second kappa shape index (κ2) is 8.60. The molecule has 0 radical (unpaired) electrons. The minimum Gasteiger partial charge on any atom is -0.398 e. The van der Waals surface area contributed by atoms with E-state index in [2.05, 4.69) is 0 Å². The van der Waals surface area contributed by atoms with Gasteiger partial charge in [0.05, 0.1) is 0 Å². The van der Waals surface area contributed by atoms with Gasteiger partial charge in [-0.05, 0) is 6.04 Å². The average molecular weight is 303 g/mol. The van der Waals surface area contributed by atoms with Crippen LogP contribution >= 0.6 is 11.6 Å². The van der Waals surface area contributed by atoms with Crippen molar-refractivity contribution in [1.29, 1.82) is 0 Å². The lowest BCUT2D eigenvalue weighted by Gasteiger charge is -2.30. The summed E-state index contributed by atoms with van der Waals surface area (Å²) in [4.78, 5) is 0. The molecule has 17 heavy (non-hydrogen) atoms. The molecule has 0 aliphatic rings. The first-order valence-electron chi connectivity index (χ1n) is 5.39. The van der Waals surface area contributed by atoms with Crippen LogP contribution in [0.15, 0.2) is 0 Å². The maximum atomic E-state index is 5.79. The van der Waals surface area contributed by atoms with Crippen molar-refractivity contribution in [3.63, 3.8) is 0 Å². The van der Waals surface area contributed by atoms with Crippen LogP contribution in [0.3, 0.4) is 0 Å². The molecule has 0 saturated carbocycles. The van der Waals surface area contributed by atoms with Crippen LogP contribution in [0.5, 0.6) is 0 Å². The highest BCUT2D eigenvalue weighted by Crippen LogP contribution is 2.26. The molecule has 0 aromatic rings. The van der Waals surface area contributed by atoms with Crippen LogP contribution in [0, 0.1) is 0 Å². The van der Waals surface area contributed by atoms with Gasteiger partial charge in [-0.2, -0.15) is 0 Å². The van der Waals surface area contributed by atoms with Gasteiger partial charge in [0.15, 0.2) is 0 Å². The fourth-order valence-corrected chi connectivity index (χ4v) is 7.91. The van der Waals surface area contributed by atoms with Crippen molar-refractivity contribution in [3.8, 4) is 0 Å². The van der Waals surface area contributed by atoms with Crippen molar-refractivity contribution in [1.82, 2.24) is 0 Å². The molecule has 0 atom stereocenters. The van der Waals surface area contributed by atoms with Gasteiger partial charge in [-0.3, -0.25) is 0 Å². The number of halogens is 1. The number of rotatable bonds is 10. The van der Waals surface area contributed by atoms with E-state index in [1.807, 2.05) is 0 Å². The molecule has 0 heterocycles. The molecule has 8 heteroatoms. The van der Waals surface area contributed by atoms with Crippen LogP contribution in [0.2, 0.25) is 18.1 Å². The Bertz CT molecular complexity index is 192. The molecule has 0 aromatic heterocycles. The van der Waals surface area contributed by atoms with Gasteiger partial charge in [-0.15, -0.1) is 11.6 Å². The highest BCUT2D eigenvalue weighted by Gasteiger charge is 2.44. The SMILES string of the molecule is CO[Si](CCCl)(CC[Si](OC)(OC)OC)OC. The summed E-state index contributed by atoms with van der Waals surface area (Å²) >= 11 is 5.79. The first-order valence-corrected chi connectivity index (χ1v) is 10.1. The molecule has 0 N–H and O–H groups in total. The van der Waals surface area contributed by atoms with E-state index in [1.54, 1.807) is 35.5 Å². The molecule has 0 bridgehead atoms. The van der Waals surface area contributed by atoms with E-state index in [9.17, 15) is 0 Å². The van der Waals surface area contributed by atoms with Crippen LogP contribution in [-0.2, 0) is 22.1 Å². The van der Waals surface area contributed by atoms with Crippen LogP contribution in [0.4, 0.5) is 0 Å². The van der Waals surface area contributed by atoms with E-state index in [1.165, 1.54) is 0 Å². The lowest BCUT2D eigenvalue weighted by Crippen LogP contribution is -2.47. The van der Waals surface area contributed by atoms with Gasteiger partial charge in [-0.1, -0.05) is 0 Å². The Morgan fingerprint density at radius 3 is 1.47 bits per heavy atom. The smallest absolute Gasteiger partial charge is 0.398 e. The third-order valence-electron chi connectivity index (χ3n) is 2.96. The zero-order chi connectivity index (χ0) is 13.4. The summed E-state index contributed by atoms with van der Waals surface area (Å²) in [7, 11) is 3.34. The topological polar surface area (TPSA) is 46.2 Å². The third kappa shape index (κ3) is 4.95. The van der Waals surface area contributed by atoms with Crippen molar-refractivity contribution in [3.05, 3.63) is 0 Å². The minimum atomic E-state index is -2.56. The molecule has 5 nitrogen and oxygen atoms in total. The summed E-state index contributed by atoms with van der Waals surface area (Å²) in [5, 5.41) is 0. The standard InChI is InChI=1S/C9H23ClO5Si2/c1-11-16(12-2,7-6-10)8-9-17(13-3,14-4)15-5/h6-9H2,1-5H3. The Labute approximate surface area is 111 Å². The summed E-state index contributed by atoms with van der Waals surface area (Å²) in [6.45, 7) is 0. The quantitative estimate of drug-likeness (QED) is 0.455. The predicted octanol–water partition coefficient (Wildman–Crippen LogP) is 1.84. The van der Waals surface area contributed by atoms with Gasteiger partial charge < -0.3 is 22.1 Å². The fourth-order valence-electron chi connectivity index (χ4n) is 1.66. The Morgan fingerprint density at radius 1 is 0.706 bits per heavy atom. The maximum Gasteiger partial charge on any atom is 0.500 e. The molecule has 104 valence electrons. The normalized spacial score (nSPS) is 13.1. The van der Waals surface area contributed by atoms with Crippen molar-refractivity contribution in [2.45, 2.75) is 18.1 Å². The zero-order valence-corrected chi connectivity index (χ0v) is 14.0. The lowest BCUT2D eigenvalue weighted by atomic mass is 10.9. The van der Waals surface area contributed by atoms with Crippen LogP contribution in [0.1, 0.15) is 0 Å². The Morgan fingerprint density at radius 2 is 1.18 bits per heavy atom. The number of alkyl halides is 1. The number of hydrogen-bond donors (Lipinski definition) is 0. The molecular weight excluding hydrogens is 280 g/mol. The molecular formula is C9H23ClO5Si2. The summed E-state index contributed by atoms with van der Waals surface area (Å²) in [6.07, 6.45) is 0. The van der Waals surface area contributed by atoms with Crippen LogP contribution in [-0.4, -0.2) is 58.8 Å². The van der Waals surface area contributed by atoms with Gasteiger partial charge in [0.1, 0.15) is 0 Å². The summed E-state index contributed by atoms with van der Waals surface area (Å²) < 4.78 is 27.2. The predicted molar refractivity (Wildman–Crippen MR) is 71.7 cm³/mol. The van der Waals surface area contributed by atoms with E-state index in [-0.39, 0.29) is 0 Å². The second-order valence-corrected chi connectivity index (χ2v) is 10.7. The highest BCUT2D eigenvalue weighted by molar-refractivity contribution is 6.71. The summed E-state index contributed by atoms with van der Waals surface area (Å²) in [5.41, 5.74) is 0. The van der Waals surface area contributed by atoms with Gasteiger partial charge in [0, 0.05) is 53.5 Å². The Balaban J connectivity index is 4.56. The fraction of sp³-hybridized carbons (Fsp3) is 1.00. The van der Waals surface area contributed by atoms with E-state index in [4.69, 9.17) is 33.7 Å². The molecule has 0 aliphatic carbocycles. The van der Waals surface area contributed by atoms with E-state index < -0.39 is 17.4 Å². The minimum absolute atomic E-state index is 0.523. The molecule has 0 saturated heterocycles. The maximum absolute atomic E-state index is 5.79. The molecule has 0 aromatic carbocycles. The Hall–Kier alpha value is 0.524. The summed E-state index contributed by atoms with van der Waals surface area (Å²) in [6, 6.07) is 2.15. The van der Waals surface area contributed by atoms with Crippen LogP contribution < -0.4 is 0 Å². The molecule has 0 spiro atoms. The third-order valence-corrected chi connectivity index (χ3v) is 10.2. The van der Waals surface area contributed by atoms with Gasteiger partial charge >= 0.3 is 17.4 Å². The van der Waals surface area contributed by atoms with Crippen molar-refractivity contribution in [2.75, 3.05) is 41.4 Å². The van der Waals surface area contributed by atoms with Crippen molar-refractivity contribution < 1.29 is 22.1 Å². The van der Waals surface area contributed by atoms with E-state index in [0.29, 0.717) is 11.9 Å². The van der Waals surface area contributed by atoms with Crippen LogP contribution in [0.25, 0.3) is 0 Å². The summed E-state index contributed by atoms with van der Waals surface area (Å²) in [5.74, 6) is 0.523. The molecule has 0 amide bonds. The van der Waals surface area contributed by atoms with Gasteiger partial charge in [-0.25, -0.2) is 0 Å². The second-order valence-electron chi connectivity index (χ2n) is 3.55.